The Hall–Kier alpha value is -1.13. The van der Waals surface area contributed by atoms with Crippen molar-refractivity contribution >= 4 is 27.9 Å². The van der Waals surface area contributed by atoms with Gasteiger partial charge in [0, 0.05) is 10.5 Å². The molecule has 0 unspecified atom stereocenters. The molecule has 20 heavy (non-hydrogen) atoms. The molecule has 0 bridgehead atoms. The number of aryl methyl sites for hydroxylation is 1. The summed E-state index contributed by atoms with van der Waals surface area (Å²) in [5, 5.41) is 12.7. The van der Waals surface area contributed by atoms with Crippen molar-refractivity contribution in [1.82, 2.24) is 5.32 Å². The van der Waals surface area contributed by atoms with Gasteiger partial charge in [0.15, 0.2) is 0 Å². The minimum atomic E-state index is -0.410. The van der Waals surface area contributed by atoms with Gasteiger partial charge in [-0.2, -0.15) is 0 Å². The fourth-order valence-electron chi connectivity index (χ4n) is 2.44. The van der Waals surface area contributed by atoms with Crippen molar-refractivity contribution in [2.75, 3.05) is 0 Å². The van der Waals surface area contributed by atoms with Gasteiger partial charge in [-0.15, -0.1) is 0 Å². The number of aliphatic hydroxyl groups is 1. The number of carbonyl (C=O) groups excluding carboxylic acids is 1. The second kappa shape index (κ2) is 7.04. The molecule has 1 saturated carbocycles. The minimum Gasteiger partial charge on any atom is -0.391 e. The average Bonchev–Trinajstić information content (AvgIpc) is 2.40. The molecule has 1 aliphatic carbocycles. The van der Waals surface area contributed by atoms with Crippen molar-refractivity contribution in [2.24, 2.45) is 0 Å². The van der Waals surface area contributed by atoms with E-state index in [-0.39, 0.29) is 11.9 Å². The Labute approximate surface area is 128 Å². The number of nitrogens with one attached hydrogen (secondary N) is 1. The molecular formula is C16H20BrNO2. The van der Waals surface area contributed by atoms with Gasteiger partial charge in [0.25, 0.3) is 0 Å². The fraction of sp³-hybridized carbons (Fsp3) is 0.438. The molecule has 0 spiro atoms. The topological polar surface area (TPSA) is 49.3 Å². The van der Waals surface area contributed by atoms with Crippen LogP contribution in [0.3, 0.4) is 0 Å². The highest BCUT2D eigenvalue weighted by molar-refractivity contribution is 9.10. The van der Waals surface area contributed by atoms with Crippen LogP contribution in [0, 0.1) is 6.92 Å². The van der Waals surface area contributed by atoms with E-state index in [1.165, 1.54) is 11.6 Å². The molecule has 2 rings (SSSR count). The molecule has 2 atom stereocenters. The SMILES string of the molecule is Cc1ccc(/C=C/C(=O)N[C@H]2CCCC[C@@H]2O)c(Br)c1. The Morgan fingerprint density at radius 2 is 2.15 bits per heavy atom. The van der Waals surface area contributed by atoms with Crippen molar-refractivity contribution < 1.29 is 9.90 Å². The summed E-state index contributed by atoms with van der Waals surface area (Å²) in [4.78, 5) is 11.9. The second-order valence-electron chi connectivity index (χ2n) is 5.33. The number of hydrogen-bond donors (Lipinski definition) is 2. The molecule has 1 aliphatic rings. The summed E-state index contributed by atoms with van der Waals surface area (Å²) in [5.41, 5.74) is 2.14. The van der Waals surface area contributed by atoms with Crippen molar-refractivity contribution in [3.05, 3.63) is 39.9 Å². The van der Waals surface area contributed by atoms with Gasteiger partial charge < -0.3 is 10.4 Å². The number of hydrogen-bond acceptors (Lipinski definition) is 2. The lowest BCUT2D eigenvalue weighted by Gasteiger charge is -2.27. The molecule has 0 heterocycles. The van der Waals surface area contributed by atoms with Crippen molar-refractivity contribution in [1.29, 1.82) is 0 Å². The van der Waals surface area contributed by atoms with Crippen LogP contribution >= 0.6 is 15.9 Å². The summed E-state index contributed by atoms with van der Waals surface area (Å²) >= 11 is 3.48. The molecule has 1 aromatic carbocycles. The highest BCUT2D eigenvalue weighted by Gasteiger charge is 2.23. The Balaban J connectivity index is 1.95. The van der Waals surface area contributed by atoms with Gasteiger partial charge in [-0.1, -0.05) is 40.9 Å². The summed E-state index contributed by atoms with van der Waals surface area (Å²) in [6.45, 7) is 2.02. The van der Waals surface area contributed by atoms with Gasteiger partial charge in [-0.05, 0) is 43.0 Å². The lowest BCUT2D eigenvalue weighted by atomic mass is 9.92. The van der Waals surface area contributed by atoms with Crippen molar-refractivity contribution in [3.8, 4) is 0 Å². The lowest BCUT2D eigenvalue weighted by molar-refractivity contribution is -0.118. The first-order chi connectivity index (χ1) is 9.56. The molecule has 0 saturated heterocycles. The van der Waals surface area contributed by atoms with E-state index in [0.717, 1.165) is 35.7 Å². The Bertz CT molecular complexity index is 513. The van der Waals surface area contributed by atoms with Crippen LogP contribution in [0.1, 0.15) is 36.8 Å². The number of benzene rings is 1. The molecule has 3 nitrogen and oxygen atoms in total. The Kier molecular flexibility index (Phi) is 5.38. The standard InChI is InChI=1S/C16H20BrNO2/c1-11-6-7-12(13(17)10-11)8-9-16(20)18-14-4-2-3-5-15(14)19/h6-10,14-15,19H,2-5H2,1H3,(H,18,20)/b9-8+/t14-,15-/m0/s1. The van der Waals surface area contributed by atoms with Crippen LogP contribution in [0.15, 0.2) is 28.7 Å². The van der Waals surface area contributed by atoms with E-state index in [2.05, 4.69) is 21.2 Å². The number of rotatable bonds is 3. The van der Waals surface area contributed by atoms with Crippen molar-refractivity contribution in [2.45, 2.75) is 44.8 Å². The third kappa shape index (κ3) is 4.18. The summed E-state index contributed by atoms with van der Waals surface area (Å²) in [7, 11) is 0. The van der Waals surface area contributed by atoms with E-state index in [1.54, 1.807) is 6.08 Å². The van der Waals surface area contributed by atoms with E-state index < -0.39 is 6.10 Å². The summed E-state index contributed by atoms with van der Waals surface area (Å²) < 4.78 is 0.972. The highest BCUT2D eigenvalue weighted by Crippen LogP contribution is 2.20. The molecule has 108 valence electrons. The Morgan fingerprint density at radius 3 is 2.85 bits per heavy atom. The van der Waals surface area contributed by atoms with Gasteiger partial charge >= 0.3 is 0 Å². The van der Waals surface area contributed by atoms with E-state index >= 15 is 0 Å². The third-order valence-corrected chi connectivity index (χ3v) is 4.31. The minimum absolute atomic E-state index is 0.109. The van der Waals surface area contributed by atoms with Crippen LogP contribution < -0.4 is 5.32 Å². The molecule has 0 aromatic heterocycles. The summed E-state index contributed by atoms with van der Waals surface area (Å²) in [6.07, 6.45) is 6.64. The molecule has 2 N–H and O–H groups in total. The zero-order valence-electron chi connectivity index (χ0n) is 11.6. The predicted octanol–water partition coefficient (Wildman–Crippen LogP) is 3.19. The number of amides is 1. The molecule has 0 radical (unpaired) electrons. The first-order valence-electron chi connectivity index (χ1n) is 6.99. The largest absolute Gasteiger partial charge is 0.391 e. The van der Waals surface area contributed by atoms with Gasteiger partial charge in [-0.25, -0.2) is 0 Å². The molecule has 1 aromatic rings. The molecule has 1 fully saturated rings. The zero-order valence-corrected chi connectivity index (χ0v) is 13.2. The van der Waals surface area contributed by atoms with Crippen LogP contribution in [-0.4, -0.2) is 23.2 Å². The maximum Gasteiger partial charge on any atom is 0.244 e. The highest BCUT2D eigenvalue weighted by atomic mass is 79.9. The molecule has 0 aliphatic heterocycles. The number of halogens is 1. The van der Waals surface area contributed by atoms with E-state index in [9.17, 15) is 9.90 Å². The van der Waals surface area contributed by atoms with Gasteiger partial charge in [0.05, 0.1) is 12.1 Å². The molecule has 4 heteroatoms. The summed E-state index contributed by atoms with van der Waals surface area (Å²) in [6, 6.07) is 5.89. The van der Waals surface area contributed by atoms with E-state index in [4.69, 9.17) is 0 Å². The van der Waals surface area contributed by atoms with Gasteiger partial charge in [-0.3, -0.25) is 4.79 Å². The maximum absolute atomic E-state index is 11.9. The van der Waals surface area contributed by atoms with E-state index in [0.29, 0.717) is 0 Å². The smallest absolute Gasteiger partial charge is 0.244 e. The lowest BCUT2D eigenvalue weighted by Crippen LogP contribution is -2.44. The third-order valence-electron chi connectivity index (χ3n) is 3.63. The quantitative estimate of drug-likeness (QED) is 0.832. The van der Waals surface area contributed by atoms with Gasteiger partial charge in [0.1, 0.15) is 0 Å². The van der Waals surface area contributed by atoms with Crippen LogP contribution in [0.25, 0.3) is 6.08 Å². The average molecular weight is 338 g/mol. The Morgan fingerprint density at radius 1 is 1.40 bits per heavy atom. The first kappa shape index (κ1) is 15.3. The fourth-order valence-corrected chi connectivity index (χ4v) is 3.07. The monoisotopic (exact) mass is 337 g/mol. The van der Waals surface area contributed by atoms with Crippen LogP contribution in [-0.2, 0) is 4.79 Å². The number of carbonyl (C=O) groups is 1. The zero-order chi connectivity index (χ0) is 14.5. The first-order valence-corrected chi connectivity index (χ1v) is 7.78. The van der Waals surface area contributed by atoms with Crippen LogP contribution in [0.5, 0.6) is 0 Å². The normalized spacial score (nSPS) is 22.9. The molecular weight excluding hydrogens is 318 g/mol. The second-order valence-corrected chi connectivity index (χ2v) is 6.18. The van der Waals surface area contributed by atoms with Gasteiger partial charge in [0.2, 0.25) is 5.91 Å². The van der Waals surface area contributed by atoms with E-state index in [1.807, 2.05) is 25.1 Å². The predicted molar refractivity (Wildman–Crippen MR) is 84.3 cm³/mol. The molecule has 1 amide bonds. The van der Waals surface area contributed by atoms with Crippen molar-refractivity contribution in [3.63, 3.8) is 0 Å². The van der Waals surface area contributed by atoms with Crippen LogP contribution in [0.4, 0.5) is 0 Å². The van der Waals surface area contributed by atoms with Crippen LogP contribution in [0.2, 0.25) is 0 Å². The number of aliphatic hydroxyl groups excluding tert-OH is 1. The summed E-state index contributed by atoms with van der Waals surface area (Å²) in [5.74, 6) is -0.150. The maximum atomic E-state index is 11.9.